The molecule has 0 aliphatic carbocycles. The van der Waals surface area contributed by atoms with Gasteiger partial charge in [0, 0.05) is 5.56 Å². The van der Waals surface area contributed by atoms with Crippen LogP contribution in [0.15, 0.2) is 65.2 Å². The summed E-state index contributed by atoms with van der Waals surface area (Å²) >= 11 is 0. The first kappa shape index (κ1) is 15.7. The number of hydrogen-bond acceptors (Lipinski definition) is 4. The number of oxazole rings is 1. The molecule has 0 unspecified atom stereocenters. The Morgan fingerprint density at radius 1 is 1.00 bits per heavy atom. The Bertz CT molecular complexity index is 824. The van der Waals surface area contributed by atoms with E-state index in [1.165, 1.54) is 4.90 Å². The number of rotatable bonds is 4. The zero-order valence-electron chi connectivity index (χ0n) is 14.1. The smallest absolute Gasteiger partial charge is 0.250 e. The minimum absolute atomic E-state index is 0.353. The number of aromatic nitrogens is 1. The van der Waals surface area contributed by atoms with Crippen LogP contribution < -0.4 is 9.80 Å². The van der Waals surface area contributed by atoms with Gasteiger partial charge in [0.1, 0.15) is 5.75 Å². The molecule has 5 heteroatoms. The van der Waals surface area contributed by atoms with E-state index in [1.807, 2.05) is 54.7 Å². The van der Waals surface area contributed by atoms with E-state index in [0.29, 0.717) is 5.75 Å². The molecule has 25 heavy (non-hydrogen) atoms. The second-order valence-corrected chi connectivity index (χ2v) is 6.39. The summed E-state index contributed by atoms with van der Waals surface area (Å²) in [5, 5.41) is 10.0. The summed E-state index contributed by atoms with van der Waals surface area (Å²) in [5.41, 5.74) is 1.98. The van der Waals surface area contributed by atoms with Crippen LogP contribution in [0.25, 0.3) is 11.3 Å². The highest BCUT2D eigenvalue weighted by Gasteiger charge is 2.23. The lowest BCUT2D eigenvalue weighted by Crippen LogP contribution is -3.13. The lowest BCUT2D eigenvalue weighted by Gasteiger charge is -2.33. The number of hydrogen-bond donors (Lipinski definition) is 2. The van der Waals surface area contributed by atoms with E-state index in [4.69, 9.17) is 4.42 Å². The lowest BCUT2D eigenvalue weighted by molar-refractivity contribution is -0.915. The van der Waals surface area contributed by atoms with Crippen molar-refractivity contribution in [2.24, 2.45) is 0 Å². The van der Waals surface area contributed by atoms with E-state index in [9.17, 15) is 5.11 Å². The number of quaternary nitrogens is 1. The van der Waals surface area contributed by atoms with E-state index >= 15 is 0 Å². The molecule has 0 bridgehead atoms. The predicted octanol–water partition coefficient (Wildman–Crippen LogP) is 1.95. The molecular formula is C20H22N3O2+. The Kier molecular flexibility index (Phi) is 4.39. The van der Waals surface area contributed by atoms with Gasteiger partial charge < -0.3 is 19.3 Å². The van der Waals surface area contributed by atoms with Crippen LogP contribution in [0, 0.1) is 0 Å². The number of piperazine rings is 1. The van der Waals surface area contributed by atoms with Crippen LogP contribution in [0.4, 0.5) is 5.69 Å². The highest BCUT2D eigenvalue weighted by atomic mass is 16.4. The average molecular weight is 336 g/mol. The number of para-hydroxylation sites is 2. The Labute approximate surface area is 147 Å². The maximum Gasteiger partial charge on any atom is 0.250 e. The summed E-state index contributed by atoms with van der Waals surface area (Å²) in [6.07, 6.45) is 1.81. The molecule has 1 aliphatic heterocycles. The molecule has 4 rings (SSSR count). The molecule has 0 amide bonds. The van der Waals surface area contributed by atoms with Gasteiger partial charge in [-0.2, -0.15) is 0 Å². The molecule has 2 aromatic carbocycles. The van der Waals surface area contributed by atoms with Gasteiger partial charge in [0.15, 0.2) is 12.3 Å². The Balaban J connectivity index is 1.36. The summed E-state index contributed by atoms with van der Waals surface area (Å²) in [5.74, 6) is 1.96. The van der Waals surface area contributed by atoms with Gasteiger partial charge in [-0.15, -0.1) is 0 Å². The summed E-state index contributed by atoms with van der Waals surface area (Å²) in [6.45, 7) is 4.62. The fourth-order valence-electron chi connectivity index (χ4n) is 3.31. The van der Waals surface area contributed by atoms with Crippen molar-refractivity contribution in [1.29, 1.82) is 0 Å². The number of aromatic hydroxyl groups is 1. The van der Waals surface area contributed by atoms with Crippen molar-refractivity contribution in [2.45, 2.75) is 6.54 Å². The fraction of sp³-hybridized carbons (Fsp3) is 0.250. The number of nitrogens with one attached hydrogen (secondary N) is 1. The van der Waals surface area contributed by atoms with Gasteiger partial charge in [0.25, 0.3) is 5.89 Å². The van der Waals surface area contributed by atoms with Crippen molar-refractivity contribution in [1.82, 2.24) is 4.98 Å². The van der Waals surface area contributed by atoms with Crippen molar-refractivity contribution in [3.05, 3.63) is 66.7 Å². The second-order valence-electron chi connectivity index (χ2n) is 6.39. The van der Waals surface area contributed by atoms with Crippen LogP contribution in [-0.2, 0) is 6.54 Å². The summed E-state index contributed by atoms with van der Waals surface area (Å²) in [6, 6.07) is 17.6. The summed E-state index contributed by atoms with van der Waals surface area (Å²) in [4.78, 5) is 8.13. The van der Waals surface area contributed by atoms with Gasteiger partial charge in [0.2, 0.25) is 0 Å². The normalized spacial score (nSPS) is 15.4. The predicted molar refractivity (Wildman–Crippen MR) is 96.7 cm³/mol. The fourth-order valence-corrected chi connectivity index (χ4v) is 3.31. The van der Waals surface area contributed by atoms with E-state index in [-0.39, 0.29) is 0 Å². The molecule has 0 spiro atoms. The molecule has 0 radical (unpaired) electrons. The van der Waals surface area contributed by atoms with Gasteiger partial charge in [-0.3, -0.25) is 0 Å². The molecule has 1 fully saturated rings. The van der Waals surface area contributed by atoms with Crippen molar-refractivity contribution in [3.8, 4) is 17.1 Å². The molecule has 3 aromatic rings. The maximum absolute atomic E-state index is 10.0. The van der Waals surface area contributed by atoms with Gasteiger partial charge in [-0.1, -0.05) is 42.5 Å². The first-order valence-electron chi connectivity index (χ1n) is 8.66. The van der Waals surface area contributed by atoms with Crippen LogP contribution >= 0.6 is 0 Å². The van der Waals surface area contributed by atoms with Gasteiger partial charge in [-0.25, -0.2) is 4.98 Å². The van der Waals surface area contributed by atoms with Crippen LogP contribution in [0.1, 0.15) is 5.89 Å². The second kappa shape index (κ2) is 6.99. The Morgan fingerprint density at radius 3 is 2.48 bits per heavy atom. The molecule has 1 saturated heterocycles. The number of nitrogens with zero attached hydrogens (tertiary/aromatic N) is 2. The van der Waals surface area contributed by atoms with Gasteiger partial charge in [0.05, 0.1) is 38.1 Å². The largest absolute Gasteiger partial charge is 0.506 e. The SMILES string of the molecule is Oc1ccccc1N1CC[NH+](Cc2ncc(-c3ccccc3)o2)CC1. The number of benzene rings is 2. The lowest BCUT2D eigenvalue weighted by atomic mass is 10.2. The number of phenols is 1. The molecule has 5 nitrogen and oxygen atoms in total. The average Bonchev–Trinajstić information content (AvgIpc) is 3.12. The minimum atomic E-state index is 0.353. The van der Waals surface area contributed by atoms with Crippen LogP contribution in [0.3, 0.4) is 0 Å². The van der Waals surface area contributed by atoms with E-state index in [2.05, 4.69) is 9.88 Å². The first-order valence-corrected chi connectivity index (χ1v) is 8.66. The molecule has 0 saturated carbocycles. The summed E-state index contributed by atoms with van der Waals surface area (Å²) < 4.78 is 5.92. The van der Waals surface area contributed by atoms with Crippen LogP contribution in [0.5, 0.6) is 5.75 Å². The number of anilines is 1. The van der Waals surface area contributed by atoms with Gasteiger partial charge in [-0.05, 0) is 12.1 Å². The van der Waals surface area contributed by atoms with E-state index in [1.54, 1.807) is 6.07 Å². The molecule has 1 aliphatic rings. The molecule has 128 valence electrons. The zero-order valence-corrected chi connectivity index (χ0v) is 14.1. The highest BCUT2D eigenvalue weighted by molar-refractivity contribution is 5.57. The molecule has 1 aromatic heterocycles. The monoisotopic (exact) mass is 336 g/mol. The minimum Gasteiger partial charge on any atom is -0.506 e. The standard InChI is InChI=1S/C20H21N3O2/c24-18-9-5-4-8-17(18)23-12-10-22(11-13-23)15-20-21-14-19(25-20)16-6-2-1-3-7-16/h1-9,14,24H,10-13,15H2/p+1. The zero-order chi connectivity index (χ0) is 17.1. The van der Waals surface area contributed by atoms with Gasteiger partial charge >= 0.3 is 0 Å². The maximum atomic E-state index is 10.0. The molecule has 0 atom stereocenters. The molecule has 2 heterocycles. The molecule has 2 N–H and O–H groups in total. The van der Waals surface area contributed by atoms with E-state index < -0.39 is 0 Å². The van der Waals surface area contributed by atoms with Crippen molar-refractivity contribution in [3.63, 3.8) is 0 Å². The summed E-state index contributed by atoms with van der Waals surface area (Å²) in [7, 11) is 0. The Morgan fingerprint density at radius 2 is 1.72 bits per heavy atom. The topological polar surface area (TPSA) is 53.9 Å². The quantitative estimate of drug-likeness (QED) is 0.765. The first-order chi connectivity index (χ1) is 12.3. The van der Waals surface area contributed by atoms with Crippen molar-refractivity contribution < 1.29 is 14.4 Å². The van der Waals surface area contributed by atoms with Crippen molar-refractivity contribution >= 4 is 5.69 Å². The highest BCUT2D eigenvalue weighted by Crippen LogP contribution is 2.26. The van der Waals surface area contributed by atoms with Crippen LogP contribution in [0.2, 0.25) is 0 Å². The van der Waals surface area contributed by atoms with E-state index in [0.717, 1.165) is 55.6 Å². The van der Waals surface area contributed by atoms with Crippen molar-refractivity contribution in [2.75, 3.05) is 31.1 Å². The third-order valence-electron chi connectivity index (χ3n) is 4.71. The third kappa shape index (κ3) is 3.51. The Hall–Kier alpha value is -2.79. The molecular weight excluding hydrogens is 314 g/mol. The third-order valence-corrected chi connectivity index (χ3v) is 4.71. The van der Waals surface area contributed by atoms with Crippen LogP contribution in [-0.4, -0.2) is 36.3 Å². The number of phenolic OH excluding ortho intramolecular Hbond substituents is 1.